The first kappa shape index (κ1) is 15.2. The van der Waals surface area contributed by atoms with E-state index in [1.54, 1.807) is 6.07 Å². The molecule has 0 aliphatic carbocycles. The molecule has 0 bridgehead atoms. The molecular weight excluding hydrogens is 265 g/mol. The molecule has 0 aliphatic heterocycles. The monoisotopic (exact) mass is 280 g/mol. The number of aryl methyl sites for hydroxylation is 1. The van der Waals surface area contributed by atoms with Gasteiger partial charge in [-0.05, 0) is 24.5 Å². The molecule has 1 rings (SSSR count). The Balaban J connectivity index is 2.59. The molecule has 0 amide bonds. The minimum atomic E-state index is -4.36. The van der Waals surface area contributed by atoms with Crippen molar-refractivity contribution in [3.8, 4) is 0 Å². The van der Waals surface area contributed by atoms with Gasteiger partial charge in [-0.25, -0.2) is 0 Å². The molecule has 0 heterocycles. The van der Waals surface area contributed by atoms with Crippen LogP contribution in [-0.4, -0.2) is 26.7 Å². The predicted octanol–water partition coefficient (Wildman–Crippen LogP) is 0.963. The van der Waals surface area contributed by atoms with Crippen molar-refractivity contribution in [1.82, 2.24) is 0 Å². The van der Waals surface area contributed by atoms with Crippen molar-refractivity contribution < 1.29 is 27.8 Å². The lowest BCUT2D eigenvalue weighted by Gasteiger charge is -2.19. The first-order chi connectivity index (χ1) is 8.24. The second-order valence-electron chi connectivity index (χ2n) is 4.00. The Morgan fingerprint density at radius 3 is 2.44 bits per heavy atom. The lowest BCUT2D eigenvalue weighted by molar-refractivity contribution is -0.295. The zero-order valence-corrected chi connectivity index (χ0v) is 11.9. The lowest BCUT2D eigenvalue weighted by Crippen LogP contribution is -2.30. The average Bonchev–Trinajstić information content (AvgIpc) is 2.28. The van der Waals surface area contributed by atoms with Crippen LogP contribution < -0.4 is 0 Å². The van der Waals surface area contributed by atoms with E-state index in [1.165, 1.54) is 6.07 Å². The van der Waals surface area contributed by atoms with Gasteiger partial charge in [-0.15, -0.1) is 0 Å². The van der Waals surface area contributed by atoms with Gasteiger partial charge in [0.2, 0.25) is 0 Å². The van der Waals surface area contributed by atoms with Crippen molar-refractivity contribution in [2.75, 3.05) is 0 Å². The smallest absolute Gasteiger partial charge is 0.381 e. The van der Waals surface area contributed by atoms with Crippen LogP contribution in [0, 0.1) is 0 Å². The van der Waals surface area contributed by atoms with Gasteiger partial charge in [-0.2, -0.15) is 13.2 Å². The Morgan fingerprint density at radius 2 is 1.89 bits per heavy atom. The Morgan fingerprint density at radius 1 is 1.22 bits per heavy atom. The maximum Gasteiger partial charge on any atom is 0.416 e. The van der Waals surface area contributed by atoms with E-state index < -0.39 is 17.7 Å². The summed E-state index contributed by atoms with van der Waals surface area (Å²) in [5, 5.41) is 18.3. The molecule has 102 valence electrons. The Kier molecular flexibility index (Phi) is 4.91. The molecule has 1 aromatic carbocycles. The second-order valence-corrected chi connectivity index (χ2v) is 4.41. The van der Waals surface area contributed by atoms with Gasteiger partial charge in [0.25, 0.3) is 5.97 Å². The summed E-state index contributed by atoms with van der Waals surface area (Å²) >= 11 is 0. The minimum Gasteiger partial charge on any atom is -0.381 e. The SMILES string of the molecule is OC(O)(CCCc1cccc(C(F)(F)F)c1)O[SiH3]. The number of hydrogen-bond donors (Lipinski definition) is 2. The number of halogens is 3. The zero-order valence-electron chi connectivity index (χ0n) is 9.87. The highest BCUT2D eigenvalue weighted by Crippen LogP contribution is 2.29. The maximum atomic E-state index is 12.4. The molecule has 7 heteroatoms. The fourth-order valence-corrected chi connectivity index (χ4v) is 1.73. The molecule has 0 unspecified atom stereocenters. The van der Waals surface area contributed by atoms with E-state index in [0.717, 1.165) is 12.1 Å². The van der Waals surface area contributed by atoms with Crippen LogP contribution in [0.4, 0.5) is 13.2 Å². The number of rotatable bonds is 5. The second kappa shape index (κ2) is 5.83. The van der Waals surface area contributed by atoms with Crippen molar-refractivity contribution in [1.29, 1.82) is 0 Å². The fourth-order valence-electron chi connectivity index (χ4n) is 1.53. The van der Waals surface area contributed by atoms with E-state index in [4.69, 9.17) is 0 Å². The first-order valence-electron chi connectivity index (χ1n) is 5.41. The Bertz CT molecular complexity index is 393. The molecule has 0 aliphatic rings. The van der Waals surface area contributed by atoms with Crippen LogP contribution in [0.2, 0.25) is 0 Å². The van der Waals surface area contributed by atoms with E-state index in [2.05, 4.69) is 4.43 Å². The quantitative estimate of drug-likeness (QED) is 0.624. The molecule has 0 aromatic heterocycles. The van der Waals surface area contributed by atoms with Crippen molar-refractivity contribution in [2.24, 2.45) is 0 Å². The van der Waals surface area contributed by atoms with Crippen LogP contribution in [0.1, 0.15) is 24.0 Å². The van der Waals surface area contributed by atoms with E-state index in [9.17, 15) is 23.4 Å². The van der Waals surface area contributed by atoms with Crippen molar-refractivity contribution >= 4 is 10.5 Å². The molecule has 1 aromatic rings. The van der Waals surface area contributed by atoms with Crippen molar-refractivity contribution in [2.45, 2.75) is 31.4 Å². The molecule has 0 spiro atoms. The molecule has 2 N–H and O–H groups in total. The first-order valence-corrected chi connectivity index (χ1v) is 6.22. The summed E-state index contributed by atoms with van der Waals surface area (Å²) in [4.78, 5) is 0. The summed E-state index contributed by atoms with van der Waals surface area (Å²) in [5.41, 5.74) is -0.188. The standard InChI is InChI=1S/C11H15F3O3Si/c12-11(13,14)9-5-1-3-8(7-9)4-2-6-10(15,16)17-18/h1,3,5,7,15-16H,2,4,6H2,18H3. The molecule has 0 radical (unpaired) electrons. The van der Waals surface area contributed by atoms with Gasteiger partial charge in [-0.1, -0.05) is 18.2 Å². The Labute approximate surface area is 106 Å². The summed E-state index contributed by atoms with van der Waals surface area (Å²) in [6, 6.07) is 4.99. The molecule has 0 fully saturated rings. The van der Waals surface area contributed by atoms with Gasteiger partial charge in [0.05, 0.1) is 5.56 Å². The lowest BCUT2D eigenvalue weighted by atomic mass is 10.0. The van der Waals surface area contributed by atoms with Crippen LogP contribution in [0.3, 0.4) is 0 Å². The number of aliphatic hydroxyl groups is 2. The van der Waals surface area contributed by atoms with Crippen molar-refractivity contribution in [3.05, 3.63) is 35.4 Å². The molecule has 18 heavy (non-hydrogen) atoms. The molecule has 0 atom stereocenters. The summed E-state index contributed by atoms with van der Waals surface area (Å²) < 4.78 is 41.8. The van der Waals surface area contributed by atoms with E-state index in [0.29, 0.717) is 18.4 Å². The highest BCUT2D eigenvalue weighted by atomic mass is 28.2. The highest BCUT2D eigenvalue weighted by Gasteiger charge is 2.30. The number of benzene rings is 1. The van der Waals surface area contributed by atoms with Gasteiger partial charge < -0.3 is 14.6 Å². The predicted molar refractivity (Wildman–Crippen MR) is 62.6 cm³/mol. The van der Waals surface area contributed by atoms with E-state index in [-0.39, 0.29) is 16.9 Å². The van der Waals surface area contributed by atoms with Gasteiger partial charge in [0.15, 0.2) is 10.5 Å². The van der Waals surface area contributed by atoms with Crippen LogP contribution in [-0.2, 0) is 17.0 Å². The third-order valence-electron chi connectivity index (χ3n) is 2.55. The normalized spacial score (nSPS) is 12.9. The van der Waals surface area contributed by atoms with Gasteiger partial charge in [0, 0.05) is 6.42 Å². The maximum absolute atomic E-state index is 12.4. The highest BCUT2D eigenvalue weighted by molar-refractivity contribution is 5.98. The zero-order chi connectivity index (χ0) is 13.8. The molecule has 0 saturated carbocycles. The Hall–Kier alpha value is -0.893. The van der Waals surface area contributed by atoms with Crippen LogP contribution in [0.25, 0.3) is 0 Å². The molecule has 3 nitrogen and oxygen atoms in total. The van der Waals surface area contributed by atoms with Gasteiger partial charge in [0.1, 0.15) is 0 Å². The van der Waals surface area contributed by atoms with E-state index in [1.807, 2.05) is 0 Å². The van der Waals surface area contributed by atoms with Gasteiger partial charge in [-0.3, -0.25) is 0 Å². The summed E-state index contributed by atoms with van der Waals surface area (Å²) in [6.07, 6.45) is -3.73. The largest absolute Gasteiger partial charge is 0.416 e. The summed E-state index contributed by atoms with van der Waals surface area (Å²) in [6.45, 7) is 0. The van der Waals surface area contributed by atoms with Crippen molar-refractivity contribution in [3.63, 3.8) is 0 Å². The average molecular weight is 280 g/mol. The topological polar surface area (TPSA) is 49.7 Å². The van der Waals surface area contributed by atoms with Crippen LogP contribution >= 0.6 is 0 Å². The summed E-state index contributed by atoms with van der Waals surface area (Å²) in [7, 11) is 0.178. The molecule has 0 saturated heterocycles. The fraction of sp³-hybridized carbons (Fsp3) is 0.455. The third-order valence-corrected chi connectivity index (χ3v) is 3.20. The number of alkyl halides is 3. The van der Waals surface area contributed by atoms with Gasteiger partial charge >= 0.3 is 6.18 Å². The van der Waals surface area contributed by atoms with Crippen LogP contribution in [0.15, 0.2) is 24.3 Å². The third kappa shape index (κ3) is 4.77. The van der Waals surface area contributed by atoms with E-state index >= 15 is 0 Å². The molecular formula is C11H15F3O3Si. The van der Waals surface area contributed by atoms with Crippen LogP contribution in [0.5, 0.6) is 0 Å². The number of hydrogen-bond acceptors (Lipinski definition) is 3. The minimum absolute atomic E-state index is 0.0350. The summed E-state index contributed by atoms with van der Waals surface area (Å²) in [5.74, 6) is -2.16.